The van der Waals surface area contributed by atoms with E-state index in [1.165, 1.54) is 4.57 Å². The number of aromatic nitrogens is 2. The second-order valence-corrected chi connectivity index (χ2v) is 7.80. The zero-order chi connectivity index (χ0) is 21.1. The first kappa shape index (κ1) is 19.9. The molecule has 30 heavy (non-hydrogen) atoms. The van der Waals surface area contributed by atoms with E-state index in [0.717, 1.165) is 25.7 Å². The van der Waals surface area contributed by atoms with Gasteiger partial charge in [0, 0.05) is 12.5 Å². The fraction of sp³-hybridized carbons (Fsp3) is 0.348. The number of carbonyl (C=O) groups excluding carboxylic acids is 1. The van der Waals surface area contributed by atoms with Gasteiger partial charge in [-0.1, -0.05) is 24.3 Å². The molecule has 0 unspecified atom stereocenters. The predicted octanol–water partition coefficient (Wildman–Crippen LogP) is 3.14. The van der Waals surface area contributed by atoms with E-state index >= 15 is 0 Å². The highest BCUT2D eigenvalue weighted by atomic mass is 16.5. The number of hydrogen-bond acceptors (Lipinski definition) is 4. The molecule has 2 aromatic carbocycles. The lowest BCUT2D eigenvalue weighted by atomic mass is 9.81. The standard InChI is InChI=1S/C23H25N3O4/c1-30-20-9-5-4-8-19(20)24-21(27)16-12-10-15(11-13-16)14-26-22(28)17-6-2-3-7-18(17)25-23(26)29/h2-9,15-16H,10-14H2,1H3,(H,24,27)(H,25,29). The number of para-hydroxylation sites is 3. The Morgan fingerprint density at radius 3 is 2.53 bits per heavy atom. The largest absolute Gasteiger partial charge is 0.495 e. The Morgan fingerprint density at radius 2 is 1.77 bits per heavy atom. The number of nitrogens with zero attached hydrogens (tertiary/aromatic N) is 1. The van der Waals surface area contributed by atoms with Gasteiger partial charge >= 0.3 is 5.69 Å². The summed E-state index contributed by atoms with van der Waals surface area (Å²) < 4.78 is 6.58. The van der Waals surface area contributed by atoms with E-state index in [9.17, 15) is 14.4 Å². The lowest BCUT2D eigenvalue weighted by Crippen LogP contribution is -2.38. The molecular weight excluding hydrogens is 382 g/mol. The van der Waals surface area contributed by atoms with Crippen molar-refractivity contribution in [2.45, 2.75) is 32.2 Å². The summed E-state index contributed by atoms with van der Waals surface area (Å²) in [5.74, 6) is 0.728. The third-order valence-corrected chi connectivity index (χ3v) is 5.91. The van der Waals surface area contributed by atoms with Crippen molar-refractivity contribution in [2.24, 2.45) is 11.8 Å². The zero-order valence-corrected chi connectivity index (χ0v) is 16.9. The van der Waals surface area contributed by atoms with E-state index in [1.807, 2.05) is 24.3 Å². The van der Waals surface area contributed by atoms with Gasteiger partial charge in [0.25, 0.3) is 5.56 Å². The summed E-state index contributed by atoms with van der Waals surface area (Å²) in [6.07, 6.45) is 3.04. The number of nitrogens with one attached hydrogen (secondary N) is 2. The number of H-pyrrole nitrogens is 1. The van der Waals surface area contributed by atoms with Crippen LogP contribution in [-0.2, 0) is 11.3 Å². The van der Waals surface area contributed by atoms with Crippen LogP contribution in [0.2, 0.25) is 0 Å². The third kappa shape index (κ3) is 4.01. The summed E-state index contributed by atoms with van der Waals surface area (Å²) in [6.45, 7) is 0.375. The molecule has 1 aliphatic carbocycles. The number of aromatic amines is 1. The van der Waals surface area contributed by atoms with Crippen LogP contribution in [-0.4, -0.2) is 22.6 Å². The molecule has 2 N–H and O–H groups in total. The second kappa shape index (κ2) is 8.57. The number of anilines is 1. The van der Waals surface area contributed by atoms with Gasteiger partial charge in [-0.3, -0.25) is 14.2 Å². The van der Waals surface area contributed by atoms with Gasteiger partial charge in [0.2, 0.25) is 5.91 Å². The van der Waals surface area contributed by atoms with E-state index in [0.29, 0.717) is 28.9 Å². The quantitative estimate of drug-likeness (QED) is 0.680. The highest BCUT2D eigenvalue weighted by Gasteiger charge is 2.27. The first-order valence-electron chi connectivity index (χ1n) is 10.2. The van der Waals surface area contributed by atoms with Crippen molar-refractivity contribution in [1.82, 2.24) is 9.55 Å². The van der Waals surface area contributed by atoms with Crippen molar-refractivity contribution in [2.75, 3.05) is 12.4 Å². The smallest absolute Gasteiger partial charge is 0.328 e. The average Bonchev–Trinajstić information content (AvgIpc) is 2.77. The van der Waals surface area contributed by atoms with Crippen LogP contribution in [0.3, 0.4) is 0 Å². The van der Waals surface area contributed by atoms with Gasteiger partial charge in [-0.25, -0.2) is 4.79 Å². The summed E-state index contributed by atoms with van der Waals surface area (Å²) in [4.78, 5) is 40.6. The molecule has 7 nitrogen and oxygen atoms in total. The van der Waals surface area contributed by atoms with Crippen molar-refractivity contribution < 1.29 is 9.53 Å². The summed E-state index contributed by atoms with van der Waals surface area (Å²) in [6, 6.07) is 14.4. The minimum Gasteiger partial charge on any atom is -0.495 e. The Morgan fingerprint density at radius 1 is 1.07 bits per heavy atom. The van der Waals surface area contributed by atoms with E-state index < -0.39 is 0 Å². The minimum atomic E-state index is -0.380. The Bertz CT molecular complexity index is 1170. The summed E-state index contributed by atoms with van der Waals surface area (Å²) >= 11 is 0. The van der Waals surface area contributed by atoms with Crippen LogP contribution < -0.4 is 21.3 Å². The number of carbonyl (C=O) groups is 1. The van der Waals surface area contributed by atoms with Gasteiger partial charge in [0.05, 0.1) is 23.7 Å². The van der Waals surface area contributed by atoms with Crippen molar-refractivity contribution in [3.8, 4) is 5.75 Å². The molecule has 0 saturated heterocycles. The van der Waals surface area contributed by atoms with E-state index in [4.69, 9.17) is 4.74 Å². The molecule has 1 heterocycles. The molecule has 1 fully saturated rings. The fourth-order valence-electron chi connectivity index (χ4n) is 4.21. The molecule has 156 valence electrons. The summed E-state index contributed by atoms with van der Waals surface area (Å²) in [5.41, 5.74) is 0.585. The second-order valence-electron chi connectivity index (χ2n) is 7.80. The Kier molecular flexibility index (Phi) is 5.70. The van der Waals surface area contributed by atoms with Gasteiger partial charge < -0.3 is 15.0 Å². The molecule has 0 atom stereocenters. The number of rotatable bonds is 5. The molecule has 0 radical (unpaired) electrons. The van der Waals surface area contributed by atoms with Crippen LogP contribution in [0.15, 0.2) is 58.1 Å². The van der Waals surface area contributed by atoms with Crippen LogP contribution in [0.5, 0.6) is 5.75 Å². The van der Waals surface area contributed by atoms with Crippen LogP contribution >= 0.6 is 0 Å². The highest BCUT2D eigenvalue weighted by molar-refractivity contribution is 5.94. The van der Waals surface area contributed by atoms with Crippen LogP contribution in [0.25, 0.3) is 10.9 Å². The van der Waals surface area contributed by atoms with Crippen molar-refractivity contribution >= 4 is 22.5 Å². The molecule has 1 aromatic heterocycles. The molecular formula is C23H25N3O4. The van der Waals surface area contributed by atoms with Crippen molar-refractivity contribution in [3.05, 3.63) is 69.4 Å². The number of ether oxygens (including phenoxy) is 1. The molecule has 0 bridgehead atoms. The van der Waals surface area contributed by atoms with Crippen LogP contribution in [0.1, 0.15) is 25.7 Å². The maximum absolute atomic E-state index is 12.7. The van der Waals surface area contributed by atoms with E-state index in [1.54, 1.807) is 31.4 Å². The lowest BCUT2D eigenvalue weighted by molar-refractivity contribution is -0.121. The van der Waals surface area contributed by atoms with E-state index in [2.05, 4.69) is 10.3 Å². The van der Waals surface area contributed by atoms with Gasteiger partial charge in [-0.05, 0) is 55.9 Å². The summed E-state index contributed by atoms with van der Waals surface area (Å²) in [7, 11) is 1.58. The monoisotopic (exact) mass is 407 g/mol. The Hall–Kier alpha value is -3.35. The number of benzene rings is 2. The number of amides is 1. The van der Waals surface area contributed by atoms with Gasteiger partial charge in [-0.15, -0.1) is 0 Å². The molecule has 7 heteroatoms. The zero-order valence-electron chi connectivity index (χ0n) is 16.9. The first-order chi connectivity index (χ1) is 14.6. The van der Waals surface area contributed by atoms with Gasteiger partial charge in [0.1, 0.15) is 5.75 Å². The number of fused-ring (bicyclic) bond motifs is 1. The van der Waals surface area contributed by atoms with Crippen molar-refractivity contribution in [1.29, 1.82) is 0 Å². The molecule has 4 rings (SSSR count). The molecule has 1 saturated carbocycles. The maximum atomic E-state index is 12.7. The first-order valence-corrected chi connectivity index (χ1v) is 10.2. The number of methoxy groups -OCH3 is 1. The molecule has 0 spiro atoms. The summed E-state index contributed by atoms with van der Waals surface area (Å²) in [5, 5.41) is 3.48. The topological polar surface area (TPSA) is 93.2 Å². The Balaban J connectivity index is 1.41. The highest BCUT2D eigenvalue weighted by Crippen LogP contribution is 2.31. The lowest BCUT2D eigenvalue weighted by Gasteiger charge is -2.28. The normalized spacial score (nSPS) is 18.8. The average molecular weight is 407 g/mol. The van der Waals surface area contributed by atoms with Gasteiger partial charge in [-0.2, -0.15) is 0 Å². The van der Waals surface area contributed by atoms with Gasteiger partial charge in [0.15, 0.2) is 0 Å². The third-order valence-electron chi connectivity index (χ3n) is 5.91. The van der Waals surface area contributed by atoms with Crippen LogP contribution in [0.4, 0.5) is 5.69 Å². The SMILES string of the molecule is COc1ccccc1NC(=O)C1CCC(Cn2c(=O)[nH]c3ccccc3c2=O)CC1. The minimum absolute atomic E-state index is 0.0151. The van der Waals surface area contributed by atoms with E-state index in [-0.39, 0.29) is 29.0 Å². The molecule has 1 amide bonds. The molecule has 0 aliphatic heterocycles. The van der Waals surface area contributed by atoms with Crippen LogP contribution in [0, 0.1) is 11.8 Å². The fourth-order valence-corrected chi connectivity index (χ4v) is 4.21. The molecule has 1 aliphatic rings. The number of hydrogen-bond donors (Lipinski definition) is 2. The Labute approximate surface area is 173 Å². The maximum Gasteiger partial charge on any atom is 0.328 e. The predicted molar refractivity (Wildman–Crippen MR) is 116 cm³/mol. The molecule has 3 aromatic rings. The van der Waals surface area contributed by atoms with Crippen molar-refractivity contribution in [3.63, 3.8) is 0 Å².